The Kier molecular flexibility index (Phi) is 3.79. The Balaban J connectivity index is 2.63. The molecule has 90 valence electrons. The first-order valence-corrected chi connectivity index (χ1v) is 6.88. The summed E-state index contributed by atoms with van der Waals surface area (Å²) in [7, 11) is -1.50. The molecule has 1 fully saturated rings. The molecule has 0 aromatic carbocycles. The Hall–Kier alpha value is -0.130. The minimum absolute atomic E-state index is 0.326. The van der Waals surface area contributed by atoms with Gasteiger partial charge >= 0.3 is 0 Å². The zero-order chi connectivity index (χ0) is 11.7. The van der Waals surface area contributed by atoms with Gasteiger partial charge in [-0.1, -0.05) is 0 Å². The third-order valence-electron chi connectivity index (χ3n) is 2.82. The summed E-state index contributed by atoms with van der Waals surface area (Å²) < 4.78 is 24.9. The van der Waals surface area contributed by atoms with Crippen molar-refractivity contribution in [3.63, 3.8) is 0 Å². The van der Waals surface area contributed by atoms with Gasteiger partial charge in [0.1, 0.15) is 0 Å². The van der Waals surface area contributed by atoms with Crippen molar-refractivity contribution in [2.75, 3.05) is 20.1 Å². The third kappa shape index (κ3) is 2.92. The molecule has 0 spiro atoms. The highest BCUT2D eigenvalue weighted by Crippen LogP contribution is 2.20. The molecule has 0 amide bonds. The highest BCUT2D eigenvalue weighted by atomic mass is 32.2. The van der Waals surface area contributed by atoms with E-state index in [-0.39, 0.29) is 0 Å². The van der Waals surface area contributed by atoms with Gasteiger partial charge in [0, 0.05) is 19.6 Å². The van der Waals surface area contributed by atoms with Crippen LogP contribution in [0.3, 0.4) is 0 Å². The summed E-state index contributed by atoms with van der Waals surface area (Å²) in [5.74, 6) is 0. The maximum Gasteiger partial charge on any atom is 0.218 e. The highest BCUT2D eigenvalue weighted by Gasteiger charge is 2.34. The average molecular weight is 234 g/mol. The monoisotopic (exact) mass is 234 g/mol. The Morgan fingerprint density at radius 3 is 2.40 bits per heavy atom. The third-order valence-corrected chi connectivity index (χ3v) is 5.34. The molecule has 5 heteroatoms. The molecule has 0 aromatic heterocycles. The van der Waals surface area contributed by atoms with Crippen LogP contribution in [-0.4, -0.2) is 43.6 Å². The molecule has 1 aliphatic heterocycles. The molecular weight excluding hydrogens is 212 g/mol. The van der Waals surface area contributed by atoms with Crippen LogP contribution in [0, 0.1) is 0 Å². The van der Waals surface area contributed by atoms with E-state index in [0.29, 0.717) is 12.6 Å². The molecule has 0 bridgehead atoms. The zero-order valence-electron chi connectivity index (χ0n) is 10.1. The predicted molar refractivity (Wildman–Crippen MR) is 62.3 cm³/mol. The Bertz CT molecular complexity index is 300. The van der Waals surface area contributed by atoms with Gasteiger partial charge in [-0.2, -0.15) is 0 Å². The fourth-order valence-corrected chi connectivity index (χ4v) is 3.10. The van der Waals surface area contributed by atoms with Crippen molar-refractivity contribution < 1.29 is 8.42 Å². The lowest BCUT2D eigenvalue weighted by Gasteiger charge is -2.28. The van der Waals surface area contributed by atoms with Crippen LogP contribution in [-0.2, 0) is 10.0 Å². The van der Waals surface area contributed by atoms with E-state index in [9.17, 15) is 8.42 Å². The molecule has 4 nitrogen and oxygen atoms in total. The Labute approximate surface area is 93.1 Å². The van der Waals surface area contributed by atoms with Crippen molar-refractivity contribution in [1.29, 1.82) is 0 Å². The van der Waals surface area contributed by atoms with E-state index >= 15 is 0 Å². The van der Waals surface area contributed by atoms with Crippen molar-refractivity contribution in [1.82, 2.24) is 9.62 Å². The second kappa shape index (κ2) is 4.39. The lowest BCUT2D eigenvalue weighted by atomic mass is 10.2. The Morgan fingerprint density at radius 2 is 2.00 bits per heavy atom. The van der Waals surface area contributed by atoms with Crippen molar-refractivity contribution in [2.24, 2.45) is 0 Å². The van der Waals surface area contributed by atoms with Crippen LogP contribution in [0.4, 0.5) is 0 Å². The Morgan fingerprint density at radius 1 is 1.40 bits per heavy atom. The number of likely N-dealkylation sites (N-methyl/N-ethyl adjacent to an activating group) is 1. The van der Waals surface area contributed by atoms with Crippen molar-refractivity contribution in [2.45, 2.75) is 44.4 Å². The van der Waals surface area contributed by atoms with Gasteiger partial charge in [-0.05, 0) is 40.2 Å². The van der Waals surface area contributed by atoms with Crippen LogP contribution in [0.5, 0.6) is 0 Å². The van der Waals surface area contributed by atoms with Crippen LogP contribution in [0.2, 0.25) is 0 Å². The van der Waals surface area contributed by atoms with E-state index in [1.807, 2.05) is 0 Å². The summed E-state index contributed by atoms with van der Waals surface area (Å²) in [4.78, 5) is 0. The van der Waals surface area contributed by atoms with Gasteiger partial charge in [0.2, 0.25) is 10.0 Å². The largest absolute Gasteiger partial charge is 0.313 e. The number of hydrogen-bond acceptors (Lipinski definition) is 3. The number of sulfonamides is 1. The molecule has 1 aliphatic rings. The fourth-order valence-electron chi connectivity index (χ4n) is 1.79. The van der Waals surface area contributed by atoms with Gasteiger partial charge in [-0.3, -0.25) is 0 Å². The van der Waals surface area contributed by atoms with Gasteiger partial charge < -0.3 is 5.32 Å². The molecule has 0 saturated carbocycles. The number of hydrogen-bond donors (Lipinski definition) is 1. The molecule has 1 heterocycles. The topological polar surface area (TPSA) is 49.4 Å². The van der Waals surface area contributed by atoms with Gasteiger partial charge in [-0.15, -0.1) is 0 Å². The molecule has 15 heavy (non-hydrogen) atoms. The maximum absolute atomic E-state index is 12.0. The summed E-state index contributed by atoms with van der Waals surface area (Å²) in [5, 5.41) is 3.30. The van der Waals surface area contributed by atoms with Gasteiger partial charge in [0.25, 0.3) is 0 Å². The first-order valence-electron chi connectivity index (χ1n) is 5.44. The summed E-state index contributed by atoms with van der Waals surface area (Å²) in [6, 6.07) is 0.326. The molecule has 0 aliphatic carbocycles. The summed E-state index contributed by atoms with van der Waals surface area (Å²) in [6.45, 7) is 6.80. The quantitative estimate of drug-likeness (QED) is 0.786. The minimum atomic E-state index is -3.17. The first-order chi connectivity index (χ1) is 6.75. The minimum Gasteiger partial charge on any atom is -0.313 e. The molecule has 0 radical (unpaired) electrons. The molecular formula is C10H22N2O2S. The first kappa shape index (κ1) is 12.9. The fraction of sp³-hybridized carbons (Fsp3) is 1.00. The lowest BCUT2D eigenvalue weighted by molar-refractivity contribution is 0.403. The SMILES string of the molecule is CN(CC1CCCN1)S(=O)(=O)C(C)(C)C. The van der Waals surface area contributed by atoms with Gasteiger partial charge in [-0.25, -0.2) is 12.7 Å². The standard InChI is InChI=1S/C10H22N2O2S/c1-10(2,3)15(13,14)12(4)8-9-6-5-7-11-9/h9,11H,5-8H2,1-4H3. The van der Waals surface area contributed by atoms with Crippen LogP contribution in [0.25, 0.3) is 0 Å². The van der Waals surface area contributed by atoms with Crippen LogP contribution >= 0.6 is 0 Å². The van der Waals surface area contributed by atoms with Crippen LogP contribution < -0.4 is 5.32 Å². The highest BCUT2D eigenvalue weighted by molar-refractivity contribution is 7.90. The molecule has 0 aromatic rings. The number of nitrogens with one attached hydrogen (secondary N) is 1. The van der Waals surface area contributed by atoms with Gasteiger partial charge in [0.05, 0.1) is 4.75 Å². The van der Waals surface area contributed by atoms with Crippen molar-refractivity contribution in [3.05, 3.63) is 0 Å². The predicted octanol–water partition coefficient (Wildman–Crippen LogP) is 0.798. The number of rotatable bonds is 3. The summed E-state index contributed by atoms with van der Waals surface area (Å²) in [6.07, 6.45) is 2.22. The van der Waals surface area contributed by atoms with E-state index in [1.54, 1.807) is 27.8 Å². The van der Waals surface area contributed by atoms with Crippen molar-refractivity contribution in [3.8, 4) is 0 Å². The van der Waals surface area contributed by atoms with E-state index in [2.05, 4.69) is 5.32 Å². The second-order valence-electron chi connectivity index (χ2n) is 5.19. The van der Waals surface area contributed by atoms with Crippen LogP contribution in [0.1, 0.15) is 33.6 Å². The van der Waals surface area contributed by atoms with Crippen molar-refractivity contribution >= 4 is 10.0 Å². The molecule has 1 saturated heterocycles. The molecule has 1 atom stereocenters. The molecule has 1 rings (SSSR count). The smallest absolute Gasteiger partial charge is 0.218 e. The van der Waals surface area contributed by atoms with E-state index in [4.69, 9.17) is 0 Å². The number of nitrogens with zero attached hydrogens (tertiary/aromatic N) is 1. The molecule has 1 N–H and O–H groups in total. The van der Waals surface area contributed by atoms with E-state index in [1.165, 1.54) is 4.31 Å². The van der Waals surface area contributed by atoms with Gasteiger partial charge in [0.15, 0.2) is 0 Å². The summed E-state index contributed by atoms with van der Waals surface area (Å²) >= 11 is 0. The second-order valence-corrected chi connectivity index (χ2v) is 7.99. The normalized spacial score (nSPS) is 23.7. The lowest BCUT2D eigenvalue weighted by Crippen LogP contribution is -2.45. The van der Waals surface area contributed by atoms with E-state index < -0.39 is 14.8 Å². The van der Waals surface area contributed by atoms with Crippen LogP contribution in [0.15, 0.2) is 0 Å². The maximum atomic E-state index is 12.0. The zero-order valence-corrected chi connectivity index (χ0v) is 10.9. The van der Waals surface area contributed by atoms with E-state index in [0.717, 1.165) is 19.4 Å². The average Bonchev–Trinajstić information content (AvgIpc) is 2.54. The molecule has 1 unspecified atom stereocenters. The summed E-state index contributed by atoms with van der Waals surface area (Å²) in [5.41, 5.74) is 0.